The molecule has 0 bridgehead atoms. The van der Waals surface area contributed by atoms with Crippen LogP contribution < -0.4 is 5.32 Å². The third kappa shape index (κ3) is 2.75. The number of nitrogens with zero attached hydrogens (tertiary/aromatic N) is 1. The zero-order chi connectivity index (χ0) is 13.9. The normalized spacial score (nSPS) is 23.1. The molecular weight excluding hydrogens is 251 g/mol. The molecule has 0 unspecified atom stereocenters. The average molecular weight is 276 g/mol. The molecule has 2 fully saturated rings. The van der Waals surface area contributed by atoms with Gasteiger partial charge < -0.3 is 5.32 Å². The lowest BCUT2D eigenvalue weighted by atomic mass is 9.87. The molecule has 0 aromatic heterocycles. The number of halogens is 1. The molecule has 1 aromatic rings. The standard InChI is InChI=1S/C17H25FN2/c1-13-15(7-4-8-16(13)18)17(14-5-2-3-6-14)20-11-9-19-10-12-20/h4,7-8,14,17,19H,2-3,5-6,9-12H2,1H3/t17-/m1/s1. The highest BCUT2D eigenvalue weighted by Crippen LogP contribution is 2.40. The molecule has 2 aliphatic rings. The molecule has 1 N–H and O–H groups in total. The van der Waals surface area contributed by atoms with Gasteiger partial charge in [-0.1, -0.05) is 25.0 Å². The van der Waals surface area contributed by atoms with E-state index in [4.69, 9.17) is 0 Å². The minimum absolute atomic E-state index is 0.0550. The Morgan fingerprint density at radius 1 is 1.20 bits per heavy atom. The molecule has 3 rings (SSSR count). The lowest BCUT2D eigenvalue weighted by Gasteiger charge is -2.39. The number of benzene rings is 1. The van der Waals surface area contributed by atoms with E-state index in [0.29, 0.717) is 12.0 Å². The predicted octanol–water partition coefficient (Wildman–Crippen LogP) is 3.27. The van der Waals surface area contributed by atoms with Crippen molar-refractivity contribution in [2.24, 2.45) is 5.92 Å². The van der Waals surface area contributed by atoms with E-state index < -0.39 is 0 Å². The summed E-state index contributed by atoms with van der Waals surface area (Å²) in [6.45, 7) is 6.21. The van der Waals surface area contributed by atoms with E-state index in [1.165, 1.54) is 31.2 Å². The minimum Gasteiger partial charge on any atom is -0.314 e. The van der Waals surface area contributed by atoms with Crippen LogP contribution in [0.3, 0.4) is 0 Å². The summed E-state index contributed by atoms with van der Waals surface area (Å²) in [7, 11) is 0. The first-order valence-corrected chi connectivity index (χ1v) is 7.97. The van der Waals surface area contributed by atoms with Gasteiger partial charge in [0.05, 0.1) is 0 Å². The lowest BCUT2D eigenvalue weighted by molar-refractivity contribution is 0.125. The van der Waals surface area contributed by atoms with Crippen LogP contribution in [0, 0.1) is 18.7 Å². The van der Waals surface area contributed by atoms with E-state index in [0.717, 1.165) is 31.7 Å². The molecule has 1 saturated heterocycles. The molecule has 1 atom stereocenters. The summed E-state index contributed by atoms with van der Waals surface area (Å²) in [5.74, 6) is 0.647. The number of nitrogens with one attached hydrogen (secondary N) is 1. The Balaban J connectivity index is 1.93. The Bertz CT molecular complexity index is 448. The SMILES string of the molecule is Cc1c(F)cccc1[C@@H](C1CCCC1)N1CCNCC1. The topological polar surface area (TPSA) is 15.3 Å². The fraction of sp³-hybridized carbons (Fsp3) is 0.647. The number of rotatable bonds is 3. The second-order valence-corrected chi connectivity index (χ2v) is 6.23. The van der Waals surface area contributed by atoms with Crippen molar-refractivity contribution < 1.29 is 4.39 Å². The van der Waals surface area contributed by atoms with Crippen molar-refractivity contribution in [3.8, 4) is 0 Å². The van der Waals surface area contributed by atoms with Gasteiger partial charge in [0.25, 0.3) is 0 Å². The van der Waals surface area contributed by atoms with Gasteiger partial charge in [-0.05, 0) is 42.9 Å². The highest BCUT2D eigenvalue weighted by molar-refractivity contribution is 5.31. The van der Waals surface area contributed by atoms with Crippen LogP contribution in [0.2, 0.25) is 0 Å². The van der Waals surface area contributed by atoms with Crippen molar-refractivity contribution >= 4 is 0 Å². The van der Waals surface area contributed by atoms with Crippen molar-refractivity contribution in [2.45, 2.75) is 38.6 Å². The fourth-order valence-corrected chi connectivity index (χ4v) is 3.93. The maximum Gasteiger partial charge on any atom is 0.126 e. The van der Waals surface area contributed by atoms with Gasteiger partial charge in [0, 0.05) is 32.2 Å². The molecule has 20 heavy (non-hydrogen) atoms. The van der Waals surface area contributed by atoms with E-state index in [9.17, 15) is 4.39 Å². The van der Waals surface area contributed by atoms with E-state index in [-0.39, 0.29) is 5.82 Å². The Hall–Kier alpha value is -0.930. The maximum absolute atomic E-state index is 14.0. The fourth-order valence-electron chi connectivity index (χ4n) is 3.93. The largest absolute Gasteiger partial charge is 0.314 e. The van der Waals surface area contributed by atoms with Gasteiger partial charge in [0.1, 0.15) is 5.82 Å². The summed E-state index contributed by atoms with van der Waals surface area (Å²) in [6.07, 6.45) is 5.26. The molecule has 2 nitrogen and oxygen atoms in total. The summed E-state index contributed by atoms with van der Waals surface area (Å²) < 4.78 is 14.0. The smallest absolute Gasteiger partial charge is 0.126 e. The van der Waals surface area contributed by atoms with Gasteiger partial charge in [-0.15, -0.1) is 0 Å². The lowest BCUT2D eigenvalue weighted by Crippen LogP contribution is -2.46. The van der Waals surface area contributed by atoms with Crippen molar-refractivity contribution in [2.75, 3.05) is 26.2 Å². The molecule has 1 aliphatic carbocycles. The van der Waals surface area contributed by atoms with Gasteiger partial charge in [0.2, 0.25) is 0 Å². The first-order chi connectivity index (χ1) is 9.77. The highest BCUT2D eigenvalue weighted by Gasteiger charge is 2.32. The van der Waals surface area contributed by atoms with Gasteiger partial charge in [-0.3, -0.25) is 4.90 Å². The van der Waals surface area contributed by atoms with Crippen LogP contribution in [0.15, 0.2) is 18.2 Å². The van der Waals surface area contributed by atoms with Gasteiger partial charge in [-0.2, -0.15) is 0 Å². The molecular formula is C17H25FN2. The maximum atomic E-state index is 14.0. The first kappa shape index (κ1) is 14.0. The Morgan fingerprint density at radius 2 is 1.90 bits per heavy atom. The third-order valence-corrected chi connectivity index (χ3v) is 5.02. The third-order valence-electron chi connectivity index (χ3n) is 5.02. The summed E-state index contributed by atoms with van der Waals surface area (Å²) >= 11 is 0. The van der Waals surface area contributed by atoms with Crippen LogP contribution in [-0.4, -0.2) is 31.1 Å². The van der Waals surface area contributed by atoms with Crippen LogP contribution in [0.4, 0.5) is 4.39 Å². The van der Waals surface area contributed by atoms with E-state index in [1.54, 1.807) is 6.07 Å². The van der Waals surface area contributed by atoms with Crippen LogP contribution >= 0.6 is 0 Å². The molecule has 0 spiro atoms. The molecule has 0 radical (unpaired) electrons. The monoisotopic (exact) mass is 276 g/mol. The predicted molar refractivity (Wildman–Crippen MR) is 80.3 cm³/mol. The van der Waals surface area contributed by atoms with Gasteiger partial charge in [-0.25, -0.2) is 4.39 Å². The first-order valence-electron chi connectivity index (χ1n) is 7.97. The van der Waals surface area contributed by atoms with Crippen molar-refractivity contribution in [3.05, 3.63) is 35.1 Å². The number of hydrogen-bond acceptors (Lipinski definition) is 2. The Morgan fingerprint density at radius 3 is 2.60 bits per heavy atom. The summed E-state index contributed by atoms with van der Waals surface area (Å²) in [6, 6.07) is 6.02. The molecule has 0 amide bonds. The molecule has 1 aliphatic heterocycles. The van der Waals surface area contributed by atoms with Gasteiger partial charge >= 0.3 is 0 Å². The Labute approximate surface area is 121 Å². The Kier molecular flexibility index (Phi) is 4.37. The minimum atomic E-state index is -0.0550. The van der Waals surface area contributed by atoms with E-state index >= 15 is 0 Å². The van der Waals surface area contributed by atoms with Crippen molar-refractivity contribution in [1.82, 2.24) is 10.2 Å². The molecule has 1 heterocycles. The number of piperazine rings is 1. The van der Waals surface area contributed by atoms with Crippen LogP contribution in [0.25, 0.3) is 0 Å². The van der Waals surface area contributed by atoms with Crippen molar-refractivity contribution in [3.63, 3.8) is 0 Å². The second-order valence-electron chi connectivity index (χ2n) is 6.23. The molecule has 1 saturated carbocycles. The van der Waals surface area contributed by atoms with Crippen molar-refractivity contribution in [1.29, 1.82) is 0 Å². The highest BCUT2D eigenvalue weighted by atomic mass is 19.1. The summed E-state index contributed by atoms with van der Waals surface area (Å²) in [5.41, 5.74) is 2.07. The average Bonchev–Trinajstić information content (AvgIpc) is 2.99. The molecule has 1 aromatic carbocycles. The zero-order valence-electron chi connectivity index (χ0n) is 12.4. The molecule has 110 valence electrons. The number of hydrogen-bond donors (Lipinski definition) is 1. The zero-order valence-corrected chi connectivity index (χ0v) is 12.4. The molecule has 3 heteroatoms. The quantitative estimate of drug-likeness (QED) is 0.911. The summed E-state index contributed by atoms with van der Waals surface area (Å²) in [4.78, 5) is 2.58. The second kappa shape index (κ2) is 6.23. The van der Waals surface area contributed by atoms with Crippen LogP contribution in [-0.2, 0) is 0 Å². The van der Waals surface area contributed by atoms with E-state index in [2.05, 4.69) is 16.3 Å². The van der Waals surface area contributed by atoms with Crippen LogP contribution in [0.1, 0.15) is 42.9 Å². The van der Waals surface area contributed by atoms with E-state index in [1.807, 2.05) is 13.0 Å². The van der Waals surface area contributed by atoms with Crippen LogP contribution in [0.5, 0.6) is 0 Å². The summed E-state index contributed by atoms with van der Waals surface area (Å²) in [5, 5.41) is 3.42. The van der Waals surface area contributed by atoms with Gasteiger partial charge in [0.15, 0.2) is 0 Å².